The number of carbonyl (C=O) groups is 2. The number of hydrogen-bond donors (Lipinski definition) is 1. The second kappa shape index (κ2) is 6.15. The highest BCUT2D eigenvalue weighted by Gasteiger charge is 2.19. The van der Waals surface area contributed by atoms with Crippen molar-refractivity contribution in [2.24, 2.45) is 0 Å². The SMILES string of the molecule is COC(=O)c1ccccc1Cc1nc(Br)sc1C(=O)O. The Labute approximate surface area is 127 Å². The predicted octanol–water partition coefficient (Wildman–Crippen LogP) is 2.98. The molecule has 104 valence electrons. The molecule has 0 saturated heterocycles. The Bertz CT molecular complexity index is 668. The third-order valence-electron chi connectivity index (χ3n) is 2.65. The number of esters is 1. The molecule has 5 nitrogen and oxygen atoms in total. The minimum absolute atomic E-state index is 0.163. The quantitative estimate of drug-likeness (QED) is 0.853. The van der Waals surface area contributed by atoms with Crippen LogP contribution in [0.5, 0.6) is 0 Å². The Balaban J connectivity index is 2.40. The summed E-state index contributed by atoms with van der Waals surface area (Å²) >= 11 is 4.23. The number of halogens is 1. The van der Waals surface area contributed by atoms with Crippen molar-refractivity contribution in [3.05, 3.63) is 49.9 Å². The van der Waals surface area contributed by atoms with Crippen LogP contribution in [0, 0.1) is 0 Å². The summed E-state index contributed by atoms with van der Waals surface area (Å²) in [5.74, 6) is -1.48. The maximum absolute atomic E-state index is 11.7. The van der Waals surface area contributed by atoms with Crippen molar-refractivity contribution in [3.8, 4) is 0 Å². The molecular formula is C13H10BrNO4S. The van der Waals surface area contributed by atoms with E-state index in [1.54, 1.807) is 24.3 Å². The topological polar surface area (TPSA) is 76.5 Å². The molecule has 0 bridgehead atoms. The number of methoxy groups -OCH3 is 1. The van der Waals surface area contributed by atoms with E-state index in [4.69, 9.17) is 9.84 Å². The largest absolute Gasteiger partial charge is 0.477 e. The molecule has 1 N–H and O–H groups in total. The number of hydrogen-bond acceptors (Lipinski definition) is 5. The third kappa shape index (κ3) is 3.05. The number of thiazole rings is 1. The van der Waals surface area contributed by atoms with Gasteiger partial charge in [-0.2, -0.15) is 0 Å². The van der Waals surface area contributed by atoms with E-state index in [2.05, 4.69) is 20.9 Å². The van der Waals surface area contributed by atoms with Gasteiger partial charge in [-0.25, -0.2) is 14.6 Å². The lowest BCUT2D eigenvalue weighted by Gasteiger charge is -2.06. The van der Waals surface area contributed by atoms with E-state index in [-0.39, 0.29) is 11.3 Å². The standard InChI is InChI=1S/C13H10BrNO4S/c1-19-12(18)8-5-3-2-4-7(8)6-9-10(11(16)17)20-13(14)15-9/h2-5H,6H2,1H3,(H,16,17). The summed E-state index contributed by atoms with van der Waals surface area (Å²) in [6.45, 7) is 0. The van der Waals surface area contributed by atoms with Gasteiger partial charge in [-0.15, -0.1) is 0 Å². The number of nitrogens with zero attached hydrogens (tertiary/aromatic N) is 1. The Morgan fingerprint density at radius 1 is 1.40 bits per heavy atom. The van der Waals surface area contributed by atoms with E-state index < -0.39 is 11.9 Å². The van der Waals surface area contributed by atoms with Gasteiger partial charge in [0.1, 0.15) is 4.88 Å². The molecular weight excluding hydrogens is 346 g/mol. The lowest BCUT2D eigenvalue weighted by Crippen LogP contribution is -2.07. The maximum Gasteiger partial charge on any atom is 0.347 e. The second-order valence-corrected chi connectivity index (χ2v) is 6.15. The van der Waals surface area contributed by atoms with Crippen LogP contribution in [0.1, 0.15) is 31.3 Å². The summed E-state index contributed by atoms with van der Waals surface area (Å²) in [5.41, 5.74) is 1.51. The molecule has 20 heavy (non-hydrogen) atoms. The minimum atomic E-state index is -1.03. The van der Waals surface area contributed by atoms with Crippen molar-refractivity contribution < 1.29 is 19.4 Å². The Morgan fingerprint density at radius 3 is 2.75 bits per heavy atom. The lowest BCUT2D eigenvalue weighted by molar-refractivity contribution is 0.0599. The van der Waals surface area contributed by atoms with Crippen molar-refractivity contribution in [2.45, 2.75) is 6.42 Å². The van der Waals surface area contributed by atoms with E-state index >= 15 is 0 Å². The van der Waals surface area contributed by atoms with Gasteiger partial charge in [-0.1, -0.05) is 29.5 Å². The first-order valence-corrected chi connectivity index (χ1v) is 7.18. The fourth-order valence-corrected chi connectivity index (χ4v) is 3.12. The lowest BCUT2D eigenvalue weighted by atomic mass is 10.0. The van der Waals surface area contributed by atoms with Crippen LogP contribution < -0.4 is 0 Å². The predicted molar refractivity (Wildman–Crippen MR) is 77.4 cm³/mol. The first-order valence-electron chi connectivity index (χ1n) is 5.57. The van der Waals surface area contributed by atoms with Crippen molar-refractivity contribution in [1.29, 1.82) is 0 Å². The van der Waals surface area contributed by atoms with Crippen LogP contribution >= 0.6 is 27.3 Å². The molecule has 0 aliphatic heterocycles. The zero-order valence-corrected chi connectivity index (χ0v) is 12.8. The van der Waals surface area contributed by atoms with E-state index in [1.165, 1.54) is 7.11 Å². The second-order valence-electron chi connectivity index (χ2n) is 3.87. The van der Waals surface area contributed by atoms with Crippen molar-refractivity contribution in [3.63, 3.8) is 0 Å². The number of aromatic carboxylic acids is 1. The van der Waals surface area contributed by atoms with Crippen LogP contribution in [0.3, 0.4) is 0 Å². The maximum atomic E-state index is 11.7. The molecule has 0 fully saturated rings. The summed E-state index contributed by atoms with van der Waals surface area (Å²) in [7, 11) is 1.31. The average Bonchev–Trinajstić information content (AvgIpc) is 2.79. The highest BCUT2D eigenvalue weighted by Crippen LogP contribution is 2.26. The number of carbonyl (C=O) groups excluding carboxylic acids is 1. The number of aromatic nitrogens is 1. The molecule has 1 aromatic heterocycles. The molecule has 7 heteroatoms. The molecule has 1 aromatic carbocycles. The zero-order valence-electron chi connectivity index (χ0n) is 10.4. The van der Waals surface area contributed by atoms with Crippen LogP contribution in [0.25, 0.3) is 0 Å². The summed E-state index contributed by atoms with van der Waals surface area (Å²) in [6.07, 6.45) is 0.259. The Kier molecular flexibility index (Phi) is 4.51. The fourth-order valence-electron chi connectivity index (χ4n) is 1.77. The number of rotatable bonds is 4. The van der Waals surface area contributed by atoms with Crippen LogP contribution in [-0.2, 0) is 11.2 Å². The molecule has 0 saturated carbocycles. The first kappa shape index (κ1) is 14.7. The van der Waals surface area contributed by atoms with E-state index in [0.29, 0.717) is 20.7 Å². The summed E-state index contributed by atoms with van der Waals surface area (Å²) in [4.78, 5) is 27.2. The summed E-state index contributed by atoms with van der Waals surface area (Å²) in [5, 5.41) is 9.14. The number of benzene rings is 1. The number of carboxylic acids is 1. The molecule has 2 aromatic rings. The monoisotopic (exact) mass is 355 g/mol. The van der Waals surface area contributed by atoms with Gasteiger partial charge in [0, 0.05) is 6.42 Å². The number of ether oxygens (including phenoxy) is 1. The van der Waals surface area contributed by atoms with Gasteiger partial charge in [0.15, 0.2) is 3.92 Å². The van der Waals surface area contributed by atoms with Gasteiger partial charge in [-0.05, 0) is 27.6 Å². The van der Waals surface area contributed by atoms with E-state index in [0.717, 1.165) is 11.3 Å². The number of carboxylic acid groups (broad SMARTS) is 1. The molecule has 0 amide bonds. The van der Waals surface area contributed by atoms with Crippen LogP contribution in [-0.4, -0.2) is 29.1 Å². The van der Waals surface area contributed by atoms with Gasteiger partial charge in [0.2, 0.25) is 0 Å². The first-order chi connectivity index (χ1) is 9.52. The summed E-state index contributed by atoms with van der Waals surface area (Å²) < 4.78 is 5.22. The molecule has 0 aliphatic carbocycles. The van der Waals surface area contributed by atoms with Gasteiger partial charge in [0.05, 0.1) is 18.4 Å². The van der Waals surface area contributed by atoms with E-state index in [1.807, 2.05) is 0 Å². The molecule has 0 aliphatic rings. The Morgan fingerprint density at radius 2 is 2.10 bits per heavy atom. The molecule has 0 radical (unpaired) electrons. The van der Waals surface area contributed by atoms with Crippen LogP contribution in [0.4, 0.5) is 0 Å². The molecule has 1 heterocycles. The van der Waals surface area contributed by atoms with Crippen molar-refractivity contribution in [2.75, 3.05) is 7.11 Å². The molecule has 0 spiro atoms. The van der Waals surface area contributed by atoms with Gasteiger partial charge in [0.25, 0.3) is 0 Å². The van der Waals surface area contributed by atoms with E-state index in [9.17, 15) is 9.59 Å². The summed E-state index contributed by atoms with van der Waals surface area (Å²) in [6, 6.07) is 6.91. The van der Waals surface area contributed by atoms with Crippen LogP contribution in [0.15, 0.2) is 28.2 Å². The molecule has 0 unspecified atom stereocenters. The zero-order chi connectivity index (χ0) is 14.7. The fraction of sp³-hybridized carbons (Fsp3) is 0.154. The highest BCUT2D eigenvalue weighted by atomic mass is 79.9. The van der Waals surface area contributed by atoms with Gasteiger partial charge >= 0.3 is 11.9 Å². The van der Waals surface area contributed by atoms with Crippen molar-refractivity contribution in [1.82, 2.24) is 4.98 Å². The van der Waals surface area contributed by atoms with Crippen molar-refractivity contribution >= 4 is 39.2 Å². The molecule has 0 atom stereocenters. The van der Waals surface area contributed by atoms with Gasteiger partial charge in [-0.3, -0.25) is 0 Å². The minimum Gasteiger partial charge on any atom is -0.477 e. The average molecular weight is 356 g/mol. The third-order valence-corrected chi connectivity index (χ3v) is 4.18. The highest BCUT2D eigenvalue weighted by molar-refractivity contribution is 9.11. The molecule has 2 rings (SSSR count). The Hall–Kier alpha value is -1.73. The normalized spacial score (nSPS) is 10.3. The smallest absolute Gasteiger partial charge is 0.347 e. The van der Waals surface area contributed by atoms with Crippen LogP contribution in [0.2, 0.25) is 0 Å². The van der Waals surface area contributed by atoms with Gasteiger partial charge < -0.3 is 9.84 Å².